The zero-order valence-corrected chi connectivity index (χ0v) is 20.9. The number of oxime groups is 1. The van der Waals surface area contributed by atoms with Crippen molar-refractivity contribution in [2.75, 3.05) is 18.1 Å². The number of anilines is 1. The van der Waals surface area contributed by atoms with Crippen LogP contribution in [0.4, 0.5) is 5.13 Å². The van der Waals surface area contributed by atoms with E-state index in [2.05, 4.69) is 24.7 Å². The maximum absolute atomic E-state index is 13.1. The molecule has 0 aromatic carbocycles. The molecule has 2 aliphatic heterocycles. The second-order valence-corrected chi connectivity index (χ2v) is 9.96. The number of aromatic nitrogens is 4. The number of nitrogens with two attached hydrogens (primary N) is 1. The summed E-state index contributed by atoms with van der Waals surface area (Å²) in [6.45, 7) is -0.562. The van der Waals surface area contributed by atoms with Gasteiger partial charge < -0.3 is 26.1 Å². The number of nitrogen functional groups attached to an aromatic ring is 1. The van der Waals surface area contributed by atoms with E-state index >= 15 is 0 Å². The molecule has 0 radical (unpaired) electrons. The highest BCUT2D eigenvalue weighted by Gasteiger charge is 2.54. The fourth-order valence-electron chi connectivity index (χ4n) is 4.07. The van der Waals surface area contributed by atoms with Crippen molar-refractivity contribution in [1.82, 2.24) is 24.0 Å². The van der Waals surface area contributed by atoms with E-state index in [1.54, 1.807) is 0 Å². The van der Waals surface area contributed by atoms with Crippen molar-refractivity contribution in [3.8, 4) is 0 Å². The van der Waals surface area contributed by atoms with E-state index in [4.69, 9.17) is 10.8 Å². The van der Waals surface area contributed by atoms with Crippen LogP contribution in [0.1, 0.15) is 5.82 Å². The minimum atomic E-state index is -1.32. The topological polar surface area (TPSA) is 206 Å². The quantitative estimate of drug-likeness (QED) is 0.107. The number of imidazole rings is 1. The standard InChI is InChI=1S/C21H18N8O7S2/c22-21-24-16(26-38-21)13(25-36-8-12(30)31)17(32)23-14-18(33)29-15(20(34)35)10(9-37-19(14)29)7-28-6-5-27-4-2-1-3-11(27)28/h1-6,14,19H,7-9H2,(H4-,22,23,24,26,30,31,32,34,35)/p+1/b25-13-/t14-,19+/m1/s1. The van der Waals surface area contributed by atoms with Gasteiger partial charge in [0.05, 0.1) is 6.20 Å². The Labute approximate surface area is 221 Å². The van der Waals surface area contributed by atoms with E-state index in [9.17, 15) is 24.3 Å². The molecule has 5 rings (SSSR count). The van der Waals surface area contributed by atoms with Crippen LogP contribution in [0.5, 0.6) is 0 Å². The van der Waals surface area contributed by atoms with Crippen LogP contribution in [0.2, 0.25) is 0 Å². The Morgan fingerprint density at radius 3 is 2.82 bits per heavy atom. The molecule has 1 saturated heterocycles. The monoisotopic (exact) mass is 559 g/mol. The predicted molar refractivity (Wildman–Crippen MR) is 132 cm³/mol. The SMILES string of the molecule is Nc1nc(/C(=N/OCC(=O)O)C(=O)N[C@@H]2C(=O)N3C(C(=O)O)=C(C[n+]4ccn5ccccc54)CS[C@@H]23)ns1. The molecule has 5 heterocycles. The van der Waals surface area contributed by atoms with Crippen molar-refractivity contribution in [2.24, 2.45) is 5.16 Å². The number of nitrogens with one attached hydrogen (secondary N) is 1. The summed E-state index contributed by atoms with van der Waals surface area (Å²) in [5, 5.41) is 24.1. The lowest BCUT2D eigenvalue weighted by atomic mass is 10.0. The average Bonchev–Trinajstić information content (AvgIpc) is 3.50. The number of amides is 2. The molecule has 5 N–H and O–H groups in total. The number of hydrogen-bond donors (Lipinski definition) is 4. The third-order valence-electron chi connectivity index (χ3n) is 5.68. The number of carboxylic acids is 2. The highest BCUT2D eigenvalue weighted by molar-refractivity contribution is 8.00. The Hall–Kier alpha value is -4.51. The van der Waals surface area contributed by atoms with Crippen LogP contribution in [-0.4, -0.2) is 82.1 Å². The van der Waals surface area contributed by atoms with Crippen molar-refractivity contribution < 1.29 is 38.8 Å². The summed E-state index contributed by atoms with van der Waals surface area (Å²) < 4.78 is 7.66. The van der Waals surface area contributed by atoms with Crippen LogP contribution in [0.3, 0.4) is 0 Å². The molecule has 1 fully saturated rings. The Morgan fingerprint density at radius 1 is 1.29 bits per heavy atom. The summed E-state index contributed by atoms with van der Waals surface area (Å²) in [6.07, 6.45) is 5.54. The summed E-state index contributed by atoms with van der Waals surface area (Å²) >= 11 is 2.09. The molecule has 15 nitrogen and oxygen atoms in total. The molecule has 38 heavy (non-hydrogen) atoms. The van der Waals surface area contributed by atoms with Gasteiger partial charge in [-0.05, 0) is 6.07 Å². The maximum Gasteiger partial charge on any atom is 0.352 e. The minimum Gasteiger partial charge on any atom is -0.479 e. The molecule has 196 valence electrons. The number of carbonyl (C=O) groups is 4. The molecule has 2 atom stereocenters. The van der Waals surface area contributed by atoms with Gasteiger partial charge in [-0.15, -0.1) is 11.8 Å². The number of β-lactam (4-membered cyclic amide) rings is 1. The first-order valence-corrected chi connectivity index (χ1v) is 12.7. The molecule has 2 aliphatic rings. The third-order valence-corrected chi connectivity index (χ3v) is 7.56. The molecular weight excluding hydrogens is 540 g/mol. The number of fused-ring (bicyclic) bond motifs is 2. The lowest BCUT2D eigenvalue weighted by molar-refractivity contribution is -0.662. The number of carbonyl (C=O) groups excluding carboxylic acids is 2. The molecular formula is C21H19N8O7S2+. The molecule has 0 bridgehead atoms. The van der Waals surface area contributed by atoms with Crippen LogP contribution in [0, 0.1) is 0 Å². The molecule has 3 aromatic rings. The lowest BCUT2D eigenvalue weighted by Crippen LogP contribution is -2.71. The van der Waals surface area contributed by atoms with Crippen molar-refractivity contribution in [3.63, 3.8) is 0 Å². The van der Waals surface area contributed by atoms with E-state index in [0.29, 0.717) is 11.3 Å². The number of hydrogen-bond acceptors (Lipinski definition) is 11. The first-order valence-electron chi connectivity index (χ1n) is 10.9. The highest BCUT2D eigenvalue weighted by atomic mass is 32.2. The van der Waals surface area contributed by atoms with Gasteiger partial charge in [0.2, 0.25) is 18.1 Å². The minimum absolute atomic E-state index is 0.0325. The van der Waals surface area contributed by atoms with E-state index in [0.717, 1.165) is 22.1 Å². The van der Waals surface area contributed by atoms with Gasteiger partial charge >= 0.3 is 11.9 Å². The van der Waals surface area contributed by atoms with Gasteiger partial charge in [0, 0.05) is 28.9 Å². The second-order valence-electron chi connectivity index (χ2n) is 8.07. The zero-order chi connectivity index (χ0) is 27.0. The van der Waals surface area contributed by atoms with Crippen molar-refractivity contribution in [3.05, 3.63) is 53.9 Å². The first kappa shape index (κ1) is 25.2. The van der Waals surface area contributed by atoms with Crippen LogP contribution >= 0.6 is 23.3 Å². The van der Waals surface area contributed by atoms with E-state index in [1.807, 2.05) is 45.8 Å². The average molecular weight is 560 g/mol. The molecule has 0 saturated carbocycles. The summed E-state index contributed by atoms with van der Waals surface area (Å²) in [7, 11) is 0. The fourth-order valence-corrected chi connectivity index (χ4v) is 5.84. The Kier molecular flexibility index (Phi) is 6.68. The summed E-state index contributed by atoms with van der Waals surface area (Å²) in [5.74, 6) is -3.99. The number of rotatable bonds is 9. The van der Waals surface area contributed by atoms with Gasteiger partial charge in [-0.2, -0.15) is 9.36 Å². The van der Waals surface area contributed by atoms with Gasteiger partial charge in [-0.3, -0.25) is 14.5 Å². The van der Waals surface area contributed by atoms with E-state index in [-0.39, 0.29) is 23.2 Å². The van der Waals surface area contributed by atoms with Crippen LogP contribution in [0.15, 0.2) is 53.2 Å². The normalized spacial score (nSPS) is 19.2. The summed E-state index contributed by atoms with van der Waals surface area (Å²) in [6, 6.07) is 4.58. The molecule has 3 aromatic heterocycles. The van der Waals surface area contributed by atoms with Crippen molar-refractivity contribution in [1.29, 1.82) is 0 Å². The number of pyridine rings is 1. The highest BCUT2D eigenvalue weighted by Crippen LogP contribution is 2.40. The third kappa shape index (κ3) is 4.63. The number of carboxylic acid groups (broad SMARTS) is 2. The maximum atomic E-state index is 13.1. The van der Waals surface area contributed by atoms with Gasteiger partial charge in [0.1, 0.15) is 36.1 Å². The second kappa shape index (κ2) is 10.1. The first-order chi connectivity index (χ1) is 18.2. The predicted octanol–water partition coefficient (Wildman–Crippen LogP) is -1.10. The van der Waals surface area contributed by atoms with Gasteiger partial charge in [0.25, 0.3) is 17.5 Å². The van der Waals surface area contributed by atoms with Crippen molar-refractivity contribution in [2.45, 2.75) is 18.0 Å². The fraction of sp³-hybridized carbons (Fsp3) is 0.238. The van der Waals surface area contributed by atoms with Gasteiger partial charge in [0.15, 0.2) is 5.13 Å². The number of aliphatic carboxylic acids is 2. The zero-order valence-electron chi connectivity index (χ0n) is 19.3. The van der Waals surface area contributed by atoms with E-state index in [1.165, 1.54) is 11.8 Å². The van der Waals surface area contributed by atoms with Crippen LogP contribution in [0.25, 0.3) is 5.65 Å². The number of nitrogens with zero attached hydrogens (tertiary/aromatic N) is 6. The Morgan fingerprint density at radius 2 is 2.11 bits per heavy atom. The van der Waals surface area contributed by atoms with Crippen LogP contribution < -0.4 is 15.6 Å². The van der Waals surface area contributed by atoms with Gasteiger partial charge in [-0.25, -0.2) is 18.6 Å². The molecule has 0 unspecified atom stereocenters. The summed E-state index contributed by atoms with van der Waals surface area (Å²) in [4.78, 5) is 58.7. The van der Waals surface area contributed by atoms with Crippen LogP contribution in [-0.2, 0) is 30.6 Å². The molecule has 0 aliphatic carbocycles. The summed E-state index contributed by atoms with van der Waals surface area (Å²) in [5.41, 5.74) is 6.37. The largest absolute Gasteiger partial charge is 0.479 e. The van der Waals surface area contributed by atoms with Gasteiger partial charge in [-0.1, -0.05) is 11.2 Å². The molecule has 2 amide bonds. The number of thioether (sulfide) groups is 1. The van der Waals surface area contributed by atoms with Crippen molar-refractivity contribution >= 4 is 63.5 Å². The Balaban J connectivity index is 1.36. The Bertz CT molecular complexity index is 1530. The molecule has 17 heteroatoms. The lowest BCUT2D eigenvalue weighted by Gasteiger charge is -2.49. The van der Waals surface area contributed by atoms with E-state index < -0.39 is 47.5 Å². The molecule has 0 spiro atoms. The smallest absolute Gasteiger partial charge is 0.352 e.